The molecule has 2 atom stereocenters. The molecule has 158 valence electrons. The molecule has 0 aliphatic carbocycles. The molecule has 0 spiro atoms. The molecule has 29 heavy (non-hydrogen) atoms. The van der Waals surface area contributed by atoms with E-state index in [1.54, 1.807) is 18.2 Å². The van der Waals surface area contributed by atoms with Gasteiger partial charge in [-0.2, -0.15) is 0 Å². The van der Waals surface area contributed by atoms with E-state index in [0.717, 1.165) is 32.2 Å². The number of halogens is 1. The van der Waals surface area contributed by atoms with Crippen LogP contribution in [-0.2, 0) is 9.59 Å². The number of hydrogen-bond acceptors (Lipinski definition) is 5. The molecule has 2 fully saturated rings. The molecule has 3 amide bonds. The van der Waals surface area contributed by atoms with E-state index >= 15 is 0 Å². The van der Waals surface area contributed by atoms with E-state index in [4.69, 9.17) is 4.74 Å². The number of nitrogens with one attached hydrogen (secondary N) is 3. The molecule has 4 rings (SSSR count). The number of ether oxygens (including phenoxy) is 1. The molecular formula is C20H27ClN4O4. The van der Waals surface area contributed by atoms with Gasteiger partial charge in [0.15, 0.2) is 12.4 Å². The Labute approximate surface area is 176 Å². The van der Waals surface area contributed by atoms with E-state index in [0.29, 0.717) is 36.6 Å². The van der Waals surface area contributed by atoms with Crippen molar-refractivity contribution in [3.05, 3.63) is 23.8 Å². The summed E-state index contributed by atoms with van der Waals surface area (Å²) in [5.74, 6) is 0.421. The fraction of sp³-hybridized carbons (Fsp3) is 0.550. The standard InChI is InChI=1S/C20H26N4O4.ClH/c25-17-12-28-18-14(5-1-6-15(18)23-17)20(27)24-9-3-4-13(11-24)10-22-19(26)16-7-2-8-21-16;/h1,5-6,13,16,21H,2-4,7-12H2,(H,22,26)(H,23,25);1H. The summed E-state index contributed by atoms with van der Waals surface area (Å²) in [6.45, 7) is 2.69. The molecule has 0 bridgehead atoms. The first-order valence-corrected chi connectivity index (χ1v) is 9.98. The van der Waals surface area contributed by atoms with Gasteiger partial charge in [0.05, 0.1) is 17.3 Å². The zero-order valence-corrected chi connectivity index (χ0v) is 17.1. The highest BCUT2D eigenvalue weighted by Gasteiger charge is 2.30. The molecule has 2 unspecified atom stereocenters. The van der Waals surface area contributed by atoms with Crippen LogP contribution in [0.5, 0.6) is 5.75 Å². The largest absolute Gasteiger partial charge is 0.481 e. The predicted octanol–water partition coefficient (Wildman–Crippen LogP) is 1.16. The highest BCUT2D eigenvalue weighted by molar-refractivity contribution is 6.03. The van der Waals surface area contributed by atoms with Crippen molar-refractivity contribution in [3.8, 4) is 5.75 Å². The SMILES string of the molecule is Cl.O=C1COc2c(cccc2C(=O)N2CCCC(CNC(=O)C3CCCN3)C2)N1. The van der Waals surface area contributed by atoms with Gasteiger partial charge in [-0.25, -0.2) is 0 Å². The van der Waals surface area contributed by atoms with Gasteiger partial charge in [0.1, 0.15) is 0 Å². The molecule has 2 saturated heterocycles. The van der Waals surface area contributed by atoms with Crippen molar-refractivity contribution in [3.63, 3.8) is 0 Å². The zero-order valence-electron chi connectivity index (χ0n) is 16.2. The summed E-state index contributed by atoms with van der Waals surface area (Å²) >= 11 is 0. The molecule has 0 saturated carbocycles. The molecule has 3 N–H and O–H groups in total. The van der Waals surface area contributed by atoms with E-state index in [1.165, 1.54) is 0 Å². The van der Waals surface area contributed by atoms with Crippen molar-refractivity contribution in [1.29, 1.82) is 0 Å². The summed E-state index contributed by atoms with van der Waals surface area (Å²) in [7, 11) is 0. The average molecular weight is 423 g/mol. The highest BCUT2D eigenvalue weighted by Crippen LogP contribution is 2.33. The minimum absolute atomic E-state index is 0. The van der Waals surface area contributed by atoms with Crippen LogP contribution < -0.4 is 20.7 Å². The Bertz CT molecular complexity index is 782. The second-order valence-corrected chi connectivity index (χ2v) is 7.67. The van der Waals surface area contributed by atoms with Crippen LogP contribution in [0.1, 0.15) is 36.0 Å². The van der Waals surface area contributed by atoms with Crippen LogP contribution in [0.3, 0.4) is 0 Å². The van der Waals surface area contributed by atoms with Gasteiger partial charge in [-0.15, -0.1) is 12.4 Å². The van der Waals surface area contributed by atoms with Crippen LogP contribution in [-0.4, -0.2) is 61.4 Å². The van der Waals surface area contributed by atoms with Crippen molar-refractivity contribution in [2.45, 2.75) is 31.7 Å². The third kappa shape index (κ3) is 4.82. The summed E-state index contributed by atoms with van der Waals surface area (Å²) in [5.41, 5.74) is 1.00. The molecular weight excluding hydrogens is 396 g/mol. The second kappa shape index (κ2) is 9.45. The molecule has 3 aliphatic heterocycles. The number of hydrogen-bond donors (Lipinski definition) is 3. The number of rotatable bonds is 4. The summed E-state index contributed by atoms with van der Waals surface area (Å²) in [4.78, 5) is 38.6. The van der Waals surface area contributed by atoms with Gasteiger partial charge in [0.25, 0.3) is 11.8 Å². The van der Waals surface area contributed by atoms with E-state index in [1.807, 2.05) is 4.90 Å². The number of carbonyl (C=O) groups is 3. The first-order valence-electron chi connectivity index (χ1n) is 9.98. The molecule has 1 aromatic carbocycles. The van der Waals surface area contributed by atoms with Crippen LogP contribution in [0, 0.1) is 5.92 Å². The fourth-order valence-electron chi connectivity index (χ4n) is 4.15. The van der Waals surface area contributed by atoms with Gasteiger partial charge < -0.3 is 25.6 Å². The molecule has 3 heterocycles. The van der Waals surface area contributed by atoms with E-state index in [2.05, 4.69) is 16.0 Å². The smallest absolute Gasteiger partial charge is 0.262 e. The summed E-state index contributed by atoms with van der Waals surface area (Å²) in [6.07, 6.45) is 3.81. The first-order chi connectivity index (χ1) is 13.6. The lowest BCUT2D eigenvalue weighted by Crippen LogP contribution is -2.46. The van der Waals surface area contributed by atoms with Gasteiger partial charge >= 0.3 is 0 Å². The fourth-order valence-corrected chi connectivity index (χ4v) is 4.15. The topological polar surface area (TPSA) is 99.8 Å². The maximum Gasteiger partial charge on any atom is 0.262 e. The quantitative estimate of drug-likeness (QED) is 0.676. The molecule has 0 aromatic heterocycles. The first kappa shape index (κ1) is 21.4. The second-order valence-electron chi connectivity index (χ2n) is 7.67. The van der Waals surface area contributed by atoms with Gasteiger partial charge in [-0.3, -0.25) is 14.4 Å². The lowest BCUT2D eigenvalue weighted by atomic mass is 9.97. The van der Waals surface area contributed by atoms with Crippen molar-refractivity contribution in [1.82, 2.24) is 15.5 Å². The Morgan fingerprint density at radius 3 is 2.90 bits per heavy atom. The lowest BCUT2D eigenvalue weighted by molar-refractivity contribution is -0.123. The lowest BCUT2D eigenvalue weighted by Gasteiger charge is -2.33. The minimum atomic E-state index is -0.220. The molecule has 3 aliphatic rings. The summed E-state index contributed by atoms with van der Waals surface area (Å²) in [5, 5.41) is 8.98. The van der Waals surface area contributed by atoms with Crippen molar-refractivity contribution < 1.29 is 19.1 Å². The highest BCUT2D eigenvalue weighted by atomic mass is 35.5. The van der Waals surface area contributed by atoms with E-state index in [9.17, 15) is 14.4 Å². The van der Waals surface area contributed by atoms with Gasteiger partial charge in [-0.1, -0.05) is 6.07 Å². The Balaban J connectivity index is 0.00000240. The summed E-state index contributed by atoms with van der Waals surface area (Å²) < 4.78 is 5.52. The maximum absolute atomic E-state index is 13.1. The number of likely N-dealkylation sites (tertiary alicyclic amines) is 1. The number of fused-ring (bicyclic) bond motifs is 1. The predicted molar refractivity (Wildman–Crippen MR) is 110 cm³/mol. The van der Waals surface area contributed by atoms with E-state index in [-0.39, 0.29) is 48.7 Å². The van der Waals surface area contributed by atoms with Gasteiger partial charge in [-0.05, 0) is 50.3 Å². The Morgan fingerprint density at radius 1 is 1.24 bits per heavy atom. The molecule has 1 aromatic rings. The number of piperidine rings is 1. The number of nitrogens with zero attached hydrogens (tertiary/aromatic N) is 1. The number of benzene rings is 1. The monoisotopic (exact) mass is 422 g/mol. The maximum atomic E-state index is 13.1. The number of anilines is 1. The van der Waals surface area contributed by atoms with E-state index < -0.39 is 0 Å². The molecule has 9 heteroatoms. The number of carbonyl (C=O) groups excluding carboxylic acids is 3. The van der Waals surface area contributed by atoms with Crippen LogP contribution in [0.4, 0.5) is 5.69 Å². The minimum Gasteiger partial charge on any atom is -0.481 e. The van der Waals surface area contributed by atoms with Gasteiger partial charge in [0.2, 0.25) is 5.91 Å². The van der Waals surface area contributed by atoms with Crippen LogP contribution in [0.15, 0.2) is 18.2 Å². The molecule has 0 radical (unpaired) electrons. The third-order valence-corrected chi connectivity index (χ3v) is 5.62. The summed E-state index contributed by atoms with van der Waals surface area (Å²) in [6, 6.07) is 5.13. The Hall–Kier alpha value is -2.32. The Morgan fingerprint density at radius 2 is 2.10 bits per heavy atom. The van der Waals surface area contributed by atoms with Crippen molar-refractivity contribution in [2.24, 2.45) is 5.92 Å². The van der Waals surface area contributed by atoms with Crippen molar-refractivity contribution >= 4 is 35.8 Å². The number of para-hydroxylation sites is 1. The zero-order chi connectivity index (χ0) is 19.5. The van der Waals surface area contributed by atoms with Crippen LogP contribution >= 0.6 is 12.4 Å². The van der Waals surface area contributed by atoms with Crippen molar-refractivity contribution in [2.75, 3.05) is 38.1 Å². The van der Waals surface area contributed by atoms with Crippen LogP contribution in [0.2, 0.25) is 0 Å². The average Bonchev–Trinajstić information content (AvgIpc) is 3.26. The van der Waals surface area contributed by atoms with Gasteiger partial charge in [0, 0.05) is 19.6 Å². The van der Waals surface area contributed by atoms with Crippen LogP contribution in [0.25, 0.3) is 0 Å². The normalized spacial score (nSPS) is 23.3. The number of amides is 3. The molecule has 8 nitrogen and oxygen atoms in total. The Kier molecular flexibility index (Phi) is 6.97. The third-order valence-electron chi connectivity index (χ3n) is 5.62.